The van der Waals surface area contributed by atoms with E-state index in [1.165, 1.54) is 13.8 Å². The van der Waals surface area contributed by atoms with Crippen LogP contribution in [0.2, 0.25) is 0 Å². The van der Waals surface area contributed by atoms with Crippen molar-refractivity contribution in [2.24, 2.45) is 5.92 Å². The van der Waals surface area contributed by atoms with Gasteiger partial charge in [0.1, 0.15) is 0 Å². The largest absolute Gasteiger partial charge is 0.346 e. The standard InChI is InChI=1S/C8H15NO2.C2H6/c1-5(2)8(6(3)10)9-7(4)11;1-2/h5,8H,1-4H3,(H,9,11);1-2H3. The fraction of sp³-hybridized carbons (Fsp3) is 0.800. The molecule has 0 aliphatic carbocycles. The highest BCUT2D eigenvalue weighted by Gasteiger charge is 2.18. The van der Waals surface area contributed by atoms with Gasteiger partial charge in [0.15, 0.2) is 5.78 Å². The fourth-order valence-corrected chi connectivity index (χ4v) is 0.957. The lowest BCUT2D eigenvalue weighted by Crippen LogP contribution is -2.42. The van der Waals surface area contributed by atoms with Crippen molar-refractivity contribution in [3.63, 3.8) is 0 Å². The van der Waals surface area contributed by atoms with Gasteiger partial charge in [-0.3, -0.25) is 9.59 Å². The van der Waals surface area contributed by atoms with Crippen molar-refractivity contribution in [3.8, 4) is 0 Å². The van der Waals surface area contributed by atoms with Crippen LogP contribution in [-0.2, 0) is 9.59 Å². The molecule has 0 aliphatic rings. The Morgan fingerprint density at radius 2 is 1.46 bits per heavy atom. The lowest BCUT2D eigenvalue weighted by atomic mass is 10.0. The summed E-state index contributed by atoms with van der Waals surface area (Å²) < 4.78 is 0. The SMILES string of the molecule is CC.CC(=O)NC(C(C)=O)C(C)C. The van der Waals surface area contributed by atoms with Crippen molar-refractivity contribution < 1.29 is 9.59 Å². The van der Waals surface area contributed by atoms with Crippen molar-refractivity contribution in [2.75, 3.05) is 0 Å². The quantitative estimate of drug-likeness (QED) is 0.731. The molecule has 0 spiro atoms. The monoisotopic (exact) mass is 187 g/mol. The summed E-state index contributed by atoms with van der Waals surface area (Å²) in [5, 5.41) is 2.59. The summed E-state index contributed by atoms with van der Waals surface area (Å²) in [5.74, 6) is 0.0190. The zero-order valence-corrected chi connectivity index (χ0v) is 9.47. The molecule has 0 aliphatic heterocycles. The number of hydrogen-bond donors (Lipinski definition) is 1. The average molecular weight is 187 g/mol. The molecular weight excluding hydrogens is 166 g/mol. The molecule has 78 valence electrons. The Morgan fingerprint density at radius 3 is 1.54 bits per heavy atom. The molecular formula is C10H21NO2. The van der Waals surface area contributed by atoms with Crippen LogP contribution in [0.4, 0.5) is 0 Å². The Kier molecular flexibility index (Phi) is 8.76. The maximum Gasteiger partial charge on any atom is 0.217 e. The molecule has 0 saturated heterocycles. The normalized spacial score (nSPS) is 11.3. The van der Waals surface area contributed by atoms with Crippen LogP contribution in [0.15, 0.2) is 0 Å². The van der Waals surface area contributed by atoms with E-state index in [0.717, 1.165) is 0 Å². The summed E-state index contributed by atoms with van der Waals surface area (Å²) in [6.07, 6.45) is 0. The predicted molar refractivity (Wildman–Crippen MR) is 54.5 cm³/mol. The van der Waals surface area contributed by atoms with E-state index in [1.54, 1.807) is 0 Å². The van der Waals surface area contributed by atoms with Gasteiger partial charge in [-0.15, -0.1) is 0 Å². The van der Waals surface area contributed by atoms with E-state index in [-0.39, 0.29) is 23.7 Å². The molecule has 0 bridgehead atoms. The highest BCUT2D eigenvalue weighted by molar-refractivity contribution is 5.86. The van der Waals surface area contributed by atoms with Gasteiger partial charge in [-0.25, -0.2) is 0 Å². The Hall–Kier alpha value is -0.860. The maximum absolute atomic E-state index is 10.9. The van der Waals surface area contributed by atoms with Gasteiger partial charge in [-0.05, 0) is 12.8 Å². The molecule has 0 radical (unpaired) electrons. The Balaban J connectivity index is 0. The second kappa shape index (κ2) is 7.77. The fourth-order valence-electron chi connectivity index (χ4n) is 0.957. The predicted octanol–water partition coefficient (Wildman–Crippen LogP) is 1.76. The molecule has 0 aromatic heterocycles. The first-order valence-corrected chi connectivity index (χ1v) is 4.72. The Bertz CT molecular complexity index is 164. The van der Waals surface area contributed by atoms with Crippen molar-refractivity contribution in [2.45, 2.75) is 47.6 Å². The minimum Gasteiger partial charge on any atom is -0.346 e. The van der Waals surface area contributed by atoms with Crippen LogP contribution in [0.25, 0.3) is 0 Å². The van der Waals surface area contributed by atoms with Gasteiger partial charge in [0.25, 0.3) is 0 Å². The zero-order valence-electron chi connectivity index (χ0n) is 9.47. The van der Waals surface area contributed by atoms with E-state index in [0.29, 0.717) is 0 Å². The van der Waals surface area contributed by atoms with E-state index in [1.807, 2.05) is 27.7 Å². The van der Waals surface area contributed by atoms with Crippen molar-refractivity contribution in [1.82, 2.24) is 5.32 Å². The lowest BCUT2D eigenvalue weighted by Gasteiger charge is -2.17. The summed E-state index contributed by atoms with van der Waals surface area (Å²) in [6, 6.07) is -0.326. The van der Waals surface area contributed by atoms with E-state index in [4.69, 9.17) is 0 Å². The summed E-state index contributed by atoms with van der Waals surface area (Å²) in [7, 11) is 0. The van der Waals surface area contributed by atoms with Crippen molar-refractivity contribution in [3.05, 3.63) is 0 Å². The molecule has 1 atom stereocenters. The van der Waals surface area contributed by atoms with Gasteiger partial charge in [0.2, 0.25) is 5.91 Å². The maximum atomic E-state index is 10.9. The molecule has 3 heteroatoms. The first-order chi connectivity index (χ1) is 5.95. The Morgan fingerprint density at radius 1 is 1.08 bits per heavy atom. The summed E-state index contributed by atoms with van der Waals surface area (Å²) >= 11 is 0. The van der Waals surface area contributed by atoms with Gasteiger partial charge in [0.05, 0.1) is 6.04 Å². The highest BCUT2D eigenvalue weighted by Crippen LogP contribution is 2.01. The molecule has 0 rings (SSSR count). The van der Waals surface area contributed by atoms with Crippen LogP contribution in [0.1, 0.15) is 41.5 Å². The van der Waals surface area contributed by atoms with E-state index in [2.05, 4.69) is 5.32 Å². The number of rotatable bonds is 3. The van der Waals surface area contributed by atoms with E-state index < -0.39 is 0 Å². The molecule has 13 heavy (non-hydrogen) atoms. The molecule has 0 fully saturated rings. The van der Waals surface area contributed by atoms with Crippen LogP contribution in [-0.4, -0.2) is 17.7 Å². The molecule has 1 N–H and O–H groups in total. The first-order valence-electron chi connectivity index (χ1n) is 4.72. The molecule has 0 aromatic carbocycles. The summed E-state index contributed by atoms with van der Waals surface area (Å²) in [6.45, 7) is 10.7. The molecule has 1 unspecified atom stereocenters. The molecule has 3 nitrogen and oxygen atoms in total. The zero-order chi connectivity index (χ0) is 11.0. The van der Waals surface area contributed by atoms with Gasteiger partial charge in [-0.2, -0.15) is 0 Å². The summed E-state index contributed by atoms with van der Waals surface area (Å²) in [5.41, 5.74) is 0. The van der Waals surface area contributed by atoms with E-state index >= 15 is 0 Å². The third-order valence-corrected chi connectivity index (χ3v) is 1.46. The molecule has 1 amide bonds. The highest BCUT2D eigenvalue weighted by atomic mass is 16.2. The van der Waals surface area contributed by atoms with Crippen LogP contribution >= 0.6 is 0 Å². The van der Waals surface area contributed by atoms with E-state index in [9.17, 15) is 9.59 Å². The van der Waals surface area contributed by atoms with Crippen molar-refractivity contribution in [1.29, 1.82) is 0 Å². The molecule has 0 heterocycles. The minimum atomic E-state index is -0.326. The topological polar surface area (TPSA) is 46.2 Å². The van der Waals surface area contributed by atoms with Gasteiger partial charge in [-0.1, -0.05) is 27.7 Å². The molecule has 0 saturated carbocycles. The number of carbonyl (C=O) groups excluding carboxylic acids is 2. The number of hydrogen-bond acceptors (Lipinski definition) is 2. The second-order valence-electron chi connectivity index (χ2n) is 3.03. The van der Waals surface area contributed by atoms with Crippen LogP contribution in [0.3, 0.4) is 0 Å². The van der Waals surface area contributed by atoms with Crippen LogP contribution < -0.4 is 5.32 Å². The van der Waals surface area contributed by atoms with Crippen LogP contribution in [0.5, 0.6) is 0 Å². The van der Waals surface area contributed by atoms with Gasteiger partial charge >= 0.3 is 0 Å². The smallest absolute Gasteiger partial charge is 0.217 e. The van der Waals surface area contributed by atoms with Gasteiger partial charge < -0.3 is 5.32 Å². The molecule has 0 aromatic rings. The first kappa shape index (κ1) is 14.7. The number of nitrogens with one attached hydrogen (secondary N) is 1. The second-order valence-corrected chi connectivity index (χ2v) is 3.03. The number of amides is 1. The number of Topliss-reactive ketones (excluding diaryl/α,β-unsaturated/α-hetero) is 1. The van der Waals surface area contributed by atoms with Gasteiger partial charge in [0, 0.05) is 6.92 Å². The van der Waals surface area contributed by atoms with Crippen LogP contribution in [0, 0.1) is 5.92 Å². The summed E-state index contributed by atoms with van der Waals surface area (Å²) in [4.78, 5) is 21.5. The number of ketones is 1. The third kappa shape index (κ3) is 7.50. The number of carbonyl (C=O) groups is 2. The van der Waals surface area contributed by atoms with Crippen molar-refractivity contribution >= 4 is 11.7 Å². The lowest BCUT2D eigenvalue weighted by molar-refractivity contribution is -0.126. The Labute approximate surface area is 80.9 Å². The third-order valence-electron chi connectivity index (χ3n) is 1.46. The average Bonchev–Trinajstić information content (AvgIpc) is 2.03. The minimum absolute atomic E-state index is 0.00944.